The van der Waals surface area contributed by atoms with Crippen molar-refractivity contribution < 1.29 is 17.9 Å². The minimum Gasteiger partial charge on any atom is -0.465 e. The summed E-state index contributed by atoms with van der Waals surface area (Å²) in [5.41, 5.74) is 1.54. The van der Waals surface area contributed by atoms with Crippen LogP contribution in [0.4, 0.5) is 0 Å². The molecule has 1 heterocycles. The van der Waals surface area contributed by atoms with E-state index >= 15 is 0 Å². The second-order valence-corrected chi connectivity index (χ2v) is 6.59. The predicted molar refractivity (Wildman–Crippen MR) is 77.6 cm³/mol. The highest BCUT2D eigenvalue weighted by molar-refractivity contribution is 7.90. The fourth-order valence-corrected chi connectivity index (χ4v) is 3.21. The lowest BCUT2D eigenvalue weighted by molar-refractivity contribution is 0.0600. The number of esters is 1. The lowest BCUT2D eigenvalue weighted by atomic mass is 10.2. The molecule has 1 aromatic carbocycles. The number of carbonyl (C=O) groups excluding carboxylic acids is 1. The van der Waals surface area contributed by atoms with E-state index in [0.29, 0.717) is 5.69 Å². The zero-order valence-electron chi connectivity index (χ0n) is 11.7. The van der Waals surface area contributed by atoms with Crippen LogP contribution >= 0.6 is 0 Å². The highest BCUT2D eigenvalue weighted by atomic mass is 32.2. The van der Waals surface area contributed by atoms with E-state index in [4.69, 9.17) is 0 Å². The number of pyridine rings is 1. The SMILES string of the molecule is COC(=O)c1ccc(CS(=O)(=O)c2cccc(C)c2)nc1. The Hall–Kier alpha value is -2.21. The molecule has 2 rings (SSSR count). The molecule has 6 heteroatoms. The third-order valence-corrected chi connectivity index (χ3v) is 4.58. The van der Waals surface area contributed by atoms with E-state index in [1.807, 2.05) is 13.0 Å². The summed E-state index contributed by atoms with van der Waals surface area (Å²) in [6.07, 6.45) is 1.31. The fourth-order valence-electron chi connectivity index (χ4n) is 1.84. The molecule has 0 aliphatic carbocycles. The van der Waals surface area contributed by atoms with Crippen molar-refractivity contribution >= 4 is 15.8 Å². The smallest absolute Gasteiger partial charge is 0.339 e. The van der Waals surface area contributed by atoms with E-state index in [1.165, 1.54) is 25.4 Å². The van der Waals surface area contributed by atoms with Crippen LogP contribution in [-0.2, 0) is 20.3 Å². The molecule has 0 radical (unpaired) electrons. The number of carbonyl (C=O) groups is 1. The minimum atomic E-state index is -3.45. The lowest BCUT2D eigenvalue weighted by Crippen LogP contribution is -2.08. The normalized spacial score (nSPS) is 11.1. The molecule has 5 nitrogen and oxygen atoms in total. The summed E-state index contributed by atoms with van der Waals surface area (Å²) < 4.78 is 29.2. The maximum absolute atomic E-state index is 12.3. The first kappa shape index (κ1) is 15.2. The fraction of sp³-hybridized carbons (Fsp3) is 0.200. The topological polar surface area (TPSA) is 73.3 Å². The van der Waals surface area contributed by atoms with Gasteiger partial charge in [-0.25, -0.2) is 13.2 Å². The molecule has 0 atom stereocenters. The molecule has 1 aromatic heterocycles. The van der Waals surface area contributed by atoms with Crippen LogP contribution in [0.1, 0.15) is 21.6 Å². The van der Waals surface area contributed by atoms with Gasteiger partial charge in [-0.15, -0.1) is 0 Å². The second-order valence-electron chi connectivity index (χ2n) is 4.61. The quantitative estimate of drug-likeness (QED) is 0.809. The van der Waals surface area contributed by atoms with Crippen LogP contribution in [0.15, 0.2) is 47.5 Å². The number of nitrogens with zero attached hydrogens (tertiary/aromatic N) is 1. The van der Waals surface area contributed by atoms with Gasteiger partial charge in [-0.3, -0.25) is 4.98 Å². The Morgan fingerprint density at radius 2 is 2.00 bits per heavy atom. The number of hydrogen-bond donors (Lipinski definition) is 0. The van der Waals surface area contributed by atoms with Crippen molar-refractivity contribution in [3.05, 3.63) is 59.4 Å². The van der Waals surface area contributed by atoms with Gasteiger partial charge >= 0.3 is 5.97 Å². The first-order valence-corrected chi connectivity index (χ1v) is 7.90. The average Bonchev–Trinajstić information content (AvgIpc) is 2.47. The number of hydrogen-bond acceptors (Lipinski definition) is 5. The first-order valence-electron chi connectivity index (χ1n) is 6.25. The van der Waals surface area contributed by atoms with Crippen molar-refractivity contribution in [3.8, 4) is 0 Å². The van der Waals surface area contributed by atoms with Gasteiger partial charge in [-0.05, 0) is 36.8 Å². The molecule has 0 spiro atoms. The molecule has 0 fully saturated rings. The Morgan fingerprint density at radius 1 is 1.24 bits per heavy atom. The number of ether oxygens (including phenoxy) is 1. The van der Waals surface area contributed by atoms with Crippen molar-refractivity contribution in [2.24, 2.45) is 0 Å². The van der Waals surface area contributed by atoms with Gasteiger partial charge in [0.1, 0.15) is 0 Å². The van der Waals surface area contributed by atoms with Crippen LogP contribution in [0, 0.1) is 6.92 Å². The van der Waals surface area contributed by atoms with E-state index in [9.17, 15) is 13.2 Å². The zero-order valence-corrected chi connectivity index (χ0v) is 12.6. The van der Waals surface area contributed by atoms with Crippen LogP contribution in [0.2, 0.25) is 0 Å². The van der Waals surface area contributed by atoms with Gasteiger partial charge < -0.3 is 4.74 Å². The summed E-state index contributed by atoms with van der Waals surface area (Å²) in [7, 11) is -2.18. The van der Waals surface area contributed by atoms with Crippen LogP contribution in [0.3, 0.4) is 0 Å². The number of aromatic nitrogens is 1. The van der Waals surface area contributed by atoms with Crippen molar-refractivity contribution in [2.75, 3.05) is 7.11 Å². The average molecular weight is 305 g/mol. The third-order valence-electron chi connectivity index (χ3n) is 2.93. The number of aryl methyl sites for hydroxylation is 1. The predicted octanol–water partition coefficient (Wildman–Crippen LogP) is 2.15. The zero-order chi connectivity index (χ0) is 15.5. The second kappa shape index (κ2) is 6.05. The van der Waals surface area contributed by atoms with Gasteiger partial charge in [0, 0.05) is 6.20 Å². The van der Waals surface area contributed by atoms with Crippen molar-refractivity contribution in [1.82, 2.24) is 4.98 Å². The highest BCUT2D eigenvalue weighted by Crippen LogP contribution is 2.17. The Balaban J connectivity index is 2.23. The number of methoxy groups -OCH3 is 1. The Labute approximate surface area is 123 Å². The standard InChI is InChI=1S/C15H15NO4S/c1-11-4-3-5-14(8-11)21(18,19)10-13-7-6-12(9-16-13)15(17)20-2/h3-9H,10H2,1-2H3. The maximum Gasteiger partial charge on any atom is 0.339 e. The summed E-state index contributed by atoms with van der Waals surface area (Å²) in [5, 5.41) is 0. The molecule has 0 amide bonds. The Morgan fingerprint density at radius 3 is 2.57 bits per heavy atom. The molecule has 0 N–H and O–H groups in total. The van der Waals surface area contributed by atoms with Crippen LogP contribution in [0.5, 0.6) is 0 Å². The summed E-state index contributed by atoms with van der Waals surface area (Å²) in [4.78, 5) is 15.6. The number of benzene rings is 1. The van der Waals surface area contributed by atoms with Gasteiger partial charge in [-0.1, -0.05) is 12.1 Å². The lowest BCUT2D eigenvalue weighted by Gasteiger charge is -2.05. The number of rotatable bonds is 4. The third kappa shape index (κ3) is 3.66. The first-order chi connectivity index (χ1) is 9.92. The Bertz CT molecular complexity index is 751. The van der Waals surface area contributed by atoms with E-state index in [2.05, 4.69) is 9.72 Å². The maximum atomic E-state index is 12.3. The van der Waals surface area contributed by atoms with Gasteiger partial charge in [0.15, 0.2) is 9.84 Å². The molecule has 0 saturated heterocycles. The molecular weight excluding hydrogens is 290 g/mol. The largest absolute Gasteiger partial charge is 0.465 e. The molecule has 0 bridgehead atoms. The van der Waals surface area contributed by atoms with Crippen molar-refractivity contribution in [3.63, 3.8) is 0 Å². The van der Waals surface area contributed by atoms with Gasteiger partial charge in [0.2, 0.25) is 0 Å². The Kier molecular flexibility index (Phi) is 4.37. The molecule has 0 aliphatic heterocycles. The van der Waals surface area contributed by atoms with E-state index < -0.39 is 15.8 Å². The molecule has 0 saturated carbocycles. The van der Waals surface area contributed by atoms with Crippen molar-refractivity contribution in [1.29, 1.82) is 0 Å². The molecule has 0 unspecified atom stereocenters. The number of sulfone groups is 1. The van der Waals surface area contributed by atoms with E-state index in [1.54, 1.807) is 18.2 Å². The summed E-state index contributed by atoms with van der Waals surface area (Å²) in [5.74, 6) is -0.714. The summed E-state index contributed by atoms with van der Waals surface area (Å²) >= 11 is 0. The molecule has 0 aliphatic rings. The summed E-state index contributed by atoms with van der Waals surface area (Å²) in [6, 6.07) is 9.74. The minimum absolute atomic E-state index is 0.210. The van der Waals surface area contributed by atoms with Crippen LogP contribution in [-0.4, -0.2) is 26.5 Å². The van der Waals surface area contributed by atoms with Crippen LogP contribution < -0.4 is 0 Å². The molecule has 2 aromatic rings. The van der Waals surface area contributed by atoms with Crippen LogP contribution in [0.25, 0.3) is 0 Å². The molecule has 110 valence electrons. The monoisotopic (exact) mass is 305 g/mol. The van der Waals surface area contributed by atoms with Gasteiger partial charge in [-0.2, -0.15) is 0 Å². The van der Waals surface area contributed by atoms with Crippen molar-refractivity contribution in [2.45, 2.75) is 17.6 Å². The molecule has 21 heavy (non-hydrogen) atoms. The van der Waals surface area contributed by atoms with E-state index in [0.717, 1.165) is 5.56 Å². The highest BCUT2D eigenvalue weighted by Gasteiger charge is 2.16. The molecular formula is C15H15NO4S. The summed E-state index contributed by atoms with van der Waals surface area (Å²) in [6.45, 7) is 1.84. The van der Waals surface area contributed by atoms with Gasteiger partial charge in [0.05, 0.1) is 29.0 Å². The van der Waals surface area contributed by atoms with Gasteiger partial charge in [0.25, 0.3) is 0 Å². The van der Waals surface area contributed by atoms with E-state index in [-0.39, 0.29) is 16.2 Å².